The summed E-state index contributed by atoms with van der Waals surface area (Å²) in [6.07, 6.45) is 0. The van der Waals surface area contributed by atoms with Crippen molar-refractivity contribution in [2.45, 2.75) is 33.4 Å². The van der Waals surface area contributed by atoms with E-state index in [1.54, 1.807) is 16.2 Å². The summed E-state index contributed by atoms with van der Waals surface area (Å²) in [6.45, 7) is 6.21. The fraction of sp³-hybridized carbons (Fsp3) is 0.500. The molecule has 7 nitrogen and oxygen atoms in total. The second-order valence-corrected chi connectivity index (χ2v) is 3.99. The third kappa shape index (κ3) is 1.54. The van der Waals surface area contributed by atoms with Gasteiger partial charge in [-0.2, -0.15) is 5.10 Å². The number of amides is 1. The van der Waals surface area contributed by atoms with Crippen LogP contribution in [0.25, 0.3) is 11.2 Å². The van der Waals surface area contributed by atoms with Crippen molar-refractivity contribution < 1.29 is 4.79 Å². The maximum absolute atomic E-state index is 11.3. The van der Waals surface area contributed by atoms with Gasteiger partial charge in [0.25, 0.3) is 0 Å². The molecule has 2 aromatic heterocycles. The molecule has 4 N–H and O–H groups in total. The van der Waals surface area contributed by atoms with Gasteiger partial charge in [0.1, 0.15) is 11.6 Å². The topological polar surface area (TPSA) is 105 Å². The quantitative estimate of drug-likeness (QED) is 0.793. The fourth-order valence-electron chi connectivity index (χ4n) is 1.94. The molecule has 2 aromatic rings. The minimum absolute atomic E-state index is 0.286. The van der Waals surface area contributed by atoms with E-state index in [9.17, 15) is 4.79 Å². The lowest BCUT2D eigenvalue weighted by molar-refractivity contribution is -0.120. The smallest absolute Gasteiger partial charge is 0.240 e. The van der Waals surface area contributed by atoms with Gasteiger partial charge in [-0.3, -0.25) is 9.36 Å². The standard InChI is InChI=1S/C10H16N6O/c1-4-15-9-7(5(2)14-15)13-10(12)16(9)6(3)8(11)17/h6H,4H2,1-3H3,(H2,11,17)(H2,12,13). The number of carbonyl (C=O) groups excluding carboxylic acids is 1. The SMILES string of the molecule is CCn1nc(C)c2nc(N)n(C(C)C(N)=O)c21. The highest BCUT2D eigenvalue weighted by atomic mass is 16.1. The molecule has 7 heteroatoms. The average molecular weight is 236 g/mol. The number of primary amides is 1. The first-order valence-corrected chi connectivity index (χ1v) is 5.47. The lowest BCUT2D eigenvalue weighted by Gasteiger charge is -2.12. The zero-order chi connectivity index (χ0) is 12.7. The normalized spacial score (nSPS) is 13.1. The maximum Gasteiger partial charge on any atom is 0.240 e. The fourth-order valence-corrected chi connectivity index (χ4v) is 1.94. The molecule has 0 aliphatic heterocycles. The molecule has 1 unspecified atom stereocenters. The highest BCUT2D eigenvalue weighted by Crippen LogP contribution is 2.24. The Hall–Kier alpha value is -2.05. The lowest BCUT2D eigenvalue weighted by atomic mass is 10.3. The number of imidazole rings is 1. The van der Waals surface area contributed by atoms with Crippen molar-refractivity contribution in [3.8, 4) is 0 Å². The van der Waals surface area contributed by atoms with E-state index in [-0.39, 0.29) is 5.95 Å². The van der Waals surface area contributed by atoms with E-state index >= 15 is 0 Å². The van der Waals surface area contributed by atoms with Crippen LogP contribution in [0.3, 0.4) is 0 Å². The zero-order valence-electron chi connectivity index (χ0n) is 10.1. The van der Waals surface area contributed by atoms with Gasteiger partial charge in [-0.1, -0.05) is 0 Å². The third-order valence-corrected chi connectivity index (χ3v) is 2.87. The van der Waals surface area contributed by atoms with E-state index in [2.05, 4.69) is 10.1 Å². The lowest BCUT2D eigenvalue weighted by Crippen LogP contribution is -2.25. The molecule has 0 aromatic carbocycles. The van der Waals surface area contributed by atoms with Gasteiger partial charge in [0.05, 0.1) is 5.69 Å². The Kier molecular flexibility index (Phi) is 2.53. The largest absolute Gasteiger partial charge is 0.369 e. The predicted molar refractivity (Wildman–Crippen MR) is 64.2 cm³/mol. The zero-order valence-corrected chi connectivity index (χ0v) is 10.1. The number of nitrogen functional groups attached to an aromatic ring is 1. The molecule has 0 bridgehead atoms. The molecule has 17 heavy (non-hydrogen) atoms. The van der Waals surface area contributed by atoms with Gasteiger partial charge in [0.2, 0.25) is 11.9 Å². The molecule has 1 amide bonds. The molecule has 0 fully saturated rings. The van der Waals surface area contributed by atoms with Crippen LogP contribution in [0.4, 0.5) is 5.95 Å². The molecule has 92 valence electrons. The van der Waals surface area contributed by atoms with Crippen molar-refractivity contribution in [3.05, 3.63) is 5.69 Å². The summed E-state index contributed by atoms with van der Waals surface area (Å²) in [6, 6.07) is -0.540. The molecule has 0 saturated carbocycles. The summed E-state index contributed by atoms with van der Waals surface area (Å²) in [4.78, 5) is 15.5. The first-order chi connectivity index (χ1) is 7.97. The van der Waals surface area contributed by atoms with Crippen LogP contribution in [0.15, 0.2) is 0 Å². The molecule has 1 atom stereocenters. The average Bonchev–Trinajstić information content (AvgIpc) is 2.75. The Morgan fingerprint density at radius 1 is 1.53 bits per heavy atom. The molecule has 2 heterocycles. The minimum atomic E-state index is -0.540. The number of fused-ring (bicyclic) bond motifs is 1. The van der Waals surface area contributed by atoms with Crippen molar-refractivity contribution in [1.82, 2.24) is 19.3 Å². The Bertz CT molecular complexity index is 581. The molecular weight excluding hydrogens is 220 g/mol. The number of hydrogen-bond acceptors (Lipinski definition) is 4. The van der Waals surface area contributed by atoms with E-state index in [1.165, 1.54) is 0 Å². The van der Waals surface area contributed by atoms with E-state index in [1.807, 2.05) is 13.8 Å². The van der Waals surface area contributed by atoms with Crippen LogP contribution in [0.2, 0.25) is 0 Å². The summed E-state index contributed by atoms with van der Waals surface area (Å²) in [5.74, 6) is -0.161. The van der Waals surface area contributed by atoms with Gasteiger partial charge in [-0.15, -0.1) is 0 Å². The van der Waals surface area contributed by atoms with Gasteiger partial charge in [-0.25, -0.2) is 9.67 Å². The number of nitrogens with two attached hydrogens (primary N) is 2. The van der Waals surface area contributed by atoms with Crippen molar-refractivity contribution in [2.24, 2.45) is 5.73 Å². The van der Waals surface area contributed by atoms with Gasteiger partial charge in [-0.05, 0) is 20.8 Å². The van der Waals surface area contributed by atoms with E-state index in [0.717, 1.165) is 16.9 Å². The van der Waals surface area contributed by atoms with Gasteiger partial charge < -0.3 is 11.5 Å². The van der Waals surface area contributed by atoms with Crippen molar-refractivity contribution in [1.29, 1.82) is 0 Å². The van der Waals surface area contributed by atoms with E-state index in [4.69, 9.17) is 11.5 Å². The molecule has 0 aliphatic carbocycles. The molecule has 0 saturated heterocycles. The van der Waals surface area contributed by atoms with Crippen molar-refractivity contribution in [3.63, 3.8) is 0 Å². The maximum atomic E-state index is 11.3. The molecule has 0 spiro atoms. The van der Waals surface area contributed by atoms with Gasteiger partial charge >= 0.3 is 0 Å². The van der Waals surface area contributed by atoms with Crippen molar-refractivity contribution in [2.75, 3.05) is 5.73 Å². The molecule has 0 aliphatic rings. The third-order valence-electron chi connectivity index (χ3n) is 2.87. The number of aryl methyl sites for hydroxylation is 2. The van der Waals surface area contributed by atoms with E-state index < -0.39 is 11.9 Å². The van der Waals surface area contributed by atoms with Crippen LogP contribution in [-0.4, -0.2) is 25.2 Å². The summed E-state index contributed by atoms with van der Waals surface area (Å²) >= 11 is 0. The van der Waals surface area contributed by atoms with Crippen LogP contribution in [-0.2, 0) is 11.3 Å². The highest BCUT2D eigenvalue weighted by Gasteiger charge is 2.22. The highest BCUT2D eigenvalue weighted by molar-refractivity contribution is 5.84. The number of anilines is 1. The number of carbonyl (C=O) groups is 1. The Balaban J connectivity index is 2.77. The van der Waals surface area contributed by atoms with Crippen LogP contribution in [0.5, 0.6) is 0 Å². The Morgan fingerprint density at radius 2 is 2.18 bits per heavy atom. The number of rotatable bonds is 3. The second-order valence-electron chi connectivity index (χ2n) is 3.99. The first-order valence-electron chi connectivity index (χ1n) is 5.47. The second kappa shape index (κ2) is 3.76. The predicted octanol–water partition coefficient (Wildman–Crippen LogP) is 0.190. The summed E-state index contributed by atoms with van der Waals surface area (Å²) in [7, 11) is 0. The van der Waals surface area contributed by atoms with Crippen LogP contribution >= 0.6 is 0 Å². The van der Waals surface area contributed by atoms with Gasteiger partial charge in [0, 0.05) is 6.54 Å². The molecule has 0 radical (unpaired) electrons. The Morgan fingerprint density at radius 3 is 2.71 bits per heavy atom. The molecule has 2 rings (SSSR count). The summed E-state index contributed by atoms with van der Waals surface area (Å²) < 4.78 is 3.40. The van der Waals surface area contributed by atoms with Crippen LogP contribution in [0.1, 0.15) is 25.6 Å². The number of aromatic nitrogens is 4. The summed E-state index contributed by atoms with van der Waals surface area (Å²) in [5, 5.41) is 4.34. The minimum Gasteiger partial charge on any atom is -0.369 e. The van der Waals surface area contributed by atoms with Crippen LogP contribution in [0, 0.1) is 6.92 Å². The monoisotopic (exact) mass is 236 g/mol. The number of nitrogens with zero attached hydrogens (tertiary/aromatic N) is 4. The Labute approximate surface area is 98.4 Å². The van der Waals surface area contributed by atoms with Crippen molar-refractivity contribution >= 4 is 23.0 Å². The van der Waals surface area contributed by atoms with E-state index in [0.29, 0.717) is 6.54 Å². The first kappa shape index (κ1) is 11.4. The summed E-state index contributed by atoms with van der Waals surface area (Å²) in [5.41, 5.74) is 13.4. The molecular formula is C10H16N6O. The number of hydrogen-bond donors (Lipinski definition) is 2. The van der Waals surface area contributed by atoms with Crippen LogP contribution < -0.4 is 11.5 Å². The van der Waals surface area contributed by atoms with Gasteiger partial charge in [0.15, 0.2) is 5.65 Å².